The van der Waals surface area contributed by atoms with Gasteiger partial charge >= 0.3 is 0 Å². The van der Waals surface area contributed by atoms with Crippen molar-refractivity contribution in [2.24, 2.45) is 0 Å². The van der Waals surface area contributed by atoms with Crippen LogP contribution in [-0.4, -0.2) is 30.0 Å². The van der Waals surface area contributed by atoms with Crippen LogP contribution < -0.4 is 19.6 Å². The molecule has 0 saturated heterocycles. The van der Waals surface area contributed by atoms with Gasteiger partial charge < -0.3 is 28.8 Å². The molecule has 148 valence electrons. The van der Waals surface area contributed by atoms with Crippen molar-refractivity contribution in [3.63, 3.8) is 0 Å². The van der Waals surface area contributed by atoms with Gasteiger partial charge in [0.15, 0.2) is 17.3 Å². The summed E-state index contributed by atoms with van der Waals surface area (Å²) >= 11 is 0. The van der Waals surface area contributed by atoms with Crippen molar-refractivity contribution >= 4 is 11.0 Å². The van der Waals surface area contributed by atoms with E-state index in [9.17, 15) is 15.0 Å². The van der Waals surface area contributed by atoms with E-state index in [0.29, 0.717) is 18.8 Å². The van der Waals surface area contributed by atoms with Gasteiger partial charge in [-0.3, -0.25) is 4.79 Å². The molecule has 7 heteroatoms. The predicted molar refractivity (Wildman–Crippen MR) is 105 cm³/mol. The molecule has 0 saturated carbocycles. The van der Waals surface area contributed by atoms with Crippen LogP contribution in [0, 0.1) is 0 Å². The lowest BCUT2D eigenvalue weighted by molar-refractivity contribution is 0.317. The number of phenolic OH excluding ortho intramolecular Hbond substituents is 2. The summed E-state index contributed by atoms with van der Waals surface area (Å²) in [6.07, 6.45) is 0. The van der Waals surface area contributed by atoms with Crippen molar-refractivity contribution in [3.8, 4) is 40.1 Å². The number of fused-ring (bicyclic) bond motifs is 1. The van der Waals surface area contributed by atoms with E-state index < -0.39 is 5.43 Å². The second-order valence-corrected chi connectivity index (χ2v) is 5.89. The Hall–Kier alpha value is -3.35. The third kappa shape index (κ3) is 3.55. The maximum atomic E-state index is 13.2. The number of aromatic hydroxyl groups is 2. The molecule has 0 atom stereocenters. The minimum atomic E-state index is -0.410. The Labute approximate surface area is 161 Å². The summed E-state index contributed by atoms with van der Waals surface area (Å²) in [6.45, 7) is 6.27. The van der Waals surface area contributed by atoms with Crippen LogP contribution in [0.5, 0.6) is 28.7 Å². The van der Waals surface area contributed by atoms with E-state index in [2.05, 4.69) is 0 Å². The van der Waals surface area contributed by atoms with Gasteiger partial charge in [-0.15, -0.1) is 0 Å². The highest BCUT2D eigenvalue weighted by atomic mass is 16.5. The SMILES string of the molecule is CCOc1cc(-c2oc3cc(O)cc(OCC)c3c(=O)c2OCC)ccc1O. The molecular formula is C21H22O7. The molecule has 2 aromatic carbocycles. The molecule has 0 aliphatic heterocycles. The molecular weight excluding hydrogens is 364 g/mol. The number of benzene rings is 2. The van der Waals surface area contributed by atoms with Gasteiger partial charge in [-0.05, 0) is 39.0 Å². The monoisotopic (exact) mass is 386 g/mol. The first-order valence-corrected chi connectivity index (χ1v) is 9.05. The predicted octanol–water partition coefficient (Wildman–Crippen LogP) is 4.07. The number of phenols is 2. The fraction of sp³-hybridized carbons (Fsp3) is 0.286. The third-order valence-corrected chi connectivity index (χ3v) is 4.01. The second kappa shape index (κ2) is 8.12. The maximum absolute atomic E-state index is 13.2. The standard InChI is InChI=1S/C21H22O7/c1-4-25-15-9-12(7-8-14(15)23)20-21(27-6-3)19(24)18-16(26-5-2)10-13(22)11-17(18)28-20/h7-11,22-23H,4-6H2,1-3H3. The molecule has 7 nitrogen and oxygen atoms in total. The Kier molecular flexibility index (Phi) is 5.63. The Morgan fingerprint density at radius 2 is 1.57 bits per heavy atom. The fourth-order valence-electron chi connectivity index (χ4n) is 2.91. The molecule has 0 aliphatic carbocycles. The van der Waals surface area contributed by atoms with Gasteiger partial charge in [0, 0.05) is 17.7 Å². The Morgan fingerprint density at radius 3 is 2.25 bits per heavy atom. The van der Waals surface area contributed by atoms with Gasteiger partial charge in [-0.2, -0.15) is 0 Å². The Bertz CT molecular complexity index is 1050. The van der Waals surface area contributed by atoms with Gasteiger partial charge in [0.05, 0.1) is 19.8 Å². The first-order chi connectivity index (χ1) is 13.5. The molecule has 0 aliphatic rings. The summed E-state index contributed by atoms with van der Waals surface area (Å²) in [7, 11) is 0. The largest absolute Gasteiger partial charge is 0.508 e. The highest BCUT2D eigenvalue weighted by Gasteiger charge is 2.22. The molecule has 1 heterocycles. The average Bonchev–Trinajstić information content (AvgIpc) is 2.66. The van der Waals surface area contributed by atoms with Crippen molar-refractivity contribution in [3.05, 3.63) is 40.6 Å². The van der Waals surface area contributed by atoms with Gasteiger partial charge in [0.1, 0.15) is 22.5 Å². The zero-order valence-corrected chi connectivity index (χ0v) is 15.9. The van der Waals surface area contributed by atoms with Crippen molar-refractivity contribution in [1.82, 2.24) is 0 Å². The molecule has 3 aromatic rings. The fourth-order valence-corrected chi connectivity index (χ4v) is 2.91. The van der Waals surface area contributed by atoms with E-state index in [1.165, 1.54) is 18.2 Å². The van der Waals surface area contributed by atoms with E-state index in [4.69, 9.17) is 18.6 Å². The molecule has 1 aromatic heterocycles. The molecule has 0 bridgehead atoms. The first kappa shape index (κ1) is 19.4. The molecule has 0 unspecified atom stereocenters. The smallest absolute Gasteiger partial charge is 0.239 e. The van der Waals surface area contributed by atoms with Crippen LogP contribution in [-0.2, 0) is 0 Å². The van der Waals surface area contributed by atoms with E-state index in [0.717, 1.165) is 0 Å². The lowest BCUT2D eigenvalue weighted by Gasteiger charge is -2.14. The van der Waals surface area contributed by atoms with E-state index in [1.54, 1.807) is 32.9 Å². The summed E-state index contributed by atoms with van der Waals surface area (Å²) in [5.74, 6) is 0.566. The summed E-state index contributed by atoms with van der Waals surface area (Å²) in [5, 5.41) is 20.1. The lowest BCUT2D eigenvalue weighted by atomic mass is 10.1. The summed E-state index contributed by atoms with van der Waals surface area (Å²) < 4.78 is 22.5. The van der Waals surface area contributed by atoms with E-state index >= 15 is 0 Å². The summed E-state index contributed by atoms with van der Waals surface area (Å²) in [4.78, 5) is 13.2. The van der Waals surface area contributed by atoms with Crippen LogP contribution in [0.15, 0.2) is 39.5 Å². The molecule has 28 heavy (non-hydrogen) atoms. The number of hydrogen-bond acceptors (Lipinski definition) is 7. The second-order valence-electron chi connectivity index (χ2n) is 5.89. The minimum Gasteiger partial charge on any atom is -0.508 e. The summed E-state index contributed by atoms with van der Waals surface area (Å²) in [6, 6.07) is 7.33. The van der Waals surface area contributed by atoms with Crippen LogP contribution in [0.4, 0.5) is 0 Å². The van der Waals surface area contributed by atoms with Crippen LogP contribution in [0.25, 0.3) is 22.3 Å². The van der Waals surface area contributed by atoms with Crippen molar-refractivity contribution < 1.29 is 28.8 Å². The van der Waals surface area contributed by atoms with Crippen LogP contribution in [0.2, 0.25) is 0 Å². The molecule has 0 spiro atoms. The van der Waals surface area contributed by atoms with Gasteiger partial charge in [-0.1, -0.05) is 0 Å². The Morgan fingerprint density at radius 1 is 0.893 bits per heavy atom. The zero-order chi connectivity index (χ0) is 20.3. The quantitative estimate of drug-likeness (QED) is 0.631. The third-order valence-electron chi connectivity index (χ3n) is 4.01. The van der Waals surface area contributed by atoms with Crippen LogP contribution >= 0.6 is 0 Å². The Balaban J connectivity index is 2.32. The van der Waals surface area contributed by atoms with Crippen molar-refractivity contribution in [2.45, 2.75) is 20.8 Å². The molecule has 2 N–H and O–H groups in total. The molecule has 3 rings (SSSR count). The van der Waals surface area contributed by atoms with Crippen LogP contribution in [0.1, 0.15) is 20.8 Å². The van der Waals surface area contributed by atoms with Gasteiger partial charge in [-0.25, -0.2) is 0 Å². The topological polar surface area (TPSA) is 98.4 Å². The zero-order valence-electron chi connectivity index (χ0n) is 15.9. The van der Waals surface area contributed by atoms with E-state index in [-0.39, 0.29) is 52.1 Å². The minimum absolute atomic E-state index is 0.0229. The maximum Gasteiger partial charge on any atom is 0.239 e. The van der Waals surface area contributed by atoms with Crippen molar-refractivity contribution in [2.75, 3.05) is 19.8 Å². The lowest BCUT2D eigenvalue weighted by Crippen LogP contribution is -2.11. The first-order valence-electron chi connectivity index (χ1n) is 9.05. The van der Waals surface area contributed by atoms with Gasteiger partial charge in [0.25, 0.3) is 0 Å². The number of rotatable bonds is 7. The van der Waals surface area contributed by atoms with Crippen LogP contribution in [0.3, 0.4) is 0 Å². The summed E-state index contributed by atoms with van der Waals surface area (Å²) in [5.41, 5.74) is 0.246. The molecule has 0 radical (unpaired) electrons. The normalized spacial score (nSPS) is 10.8. The average molecular weight is 386 g/mol. The highest BCUT2D eigenvalue weighted by Crippen LogP contribution is 2.39. The van der Waals surface area contributed by atoms with Gasteiger partial charge in [0.2, 0.25) is 11.2 Å². The number of hydrogen-bond donors (Lipinski definition) is 2. The van der Waals surface area contributed by atoms with Crippen molar-refractivity contribution in [1.29, 1.82) is 0 Å². The molecule has 0 amide bonds. The van der Waals surface area contributed by atoms with E-state index in [1.807, 2.05) is 0 Å². The highest BCUT2D eigenvalue weighted by molar-refractivity contribution is 5.88. The molecule has 0 fully saturated rings. The number of ether oxygens (including phenoxy) is 3.